The maximum absolute atomic E-state index is 11.9. The minimum Gasteiger partial charge on any atom is -0.294 e. The number of hydrogen-bond donors (Lipinski definition) is 0. The first kappa shape index (κ1) is 10.8. The highest BCUT2D eigenvalue weighted by molar-refractivity contribution is 7.13. The van der Waals surface area contributed by atoms with Gasteiger partial charge >= 0.3 is 0 Å². The predicted molar refractivity (Wildman–Crippen MR) is 71.4 cm³/mol. The molecule has 5 nitrogen and oxygen atoms in total. The molecule has 3 aromatic heterocycles. The number of rotatable bonds is 1. The van der Waals surface area contributed by atoms with Crippen LogP contribution in [-0.4, -0.2) is 25.4 Å². The van der Waals surface area contributed by atoms with Gasteiger partial charge in [-0.25, -0.2) is 4.98 Å². The van der Waals surface area contributed by atoms with Gasteiger partial charge in [0.15, 0.2) is 11.6 Å². The molecule has 0 amide bonds. The second kappa shape index (κ2) is 3.96. The van der Waals surface area contributed by atoms with Gasteiger partial charge in [0.25, 0.3) is 5.78 Å². The fraction of sp³-hybridized carbons (Fsp3) is 0.231. The van der Waals surface area contributed by atoms with Crippen LogP contribution >= 0.6 is 11.3 Å². The zero-order valence-corrected chi connectivity index (χ0v) is 10.9. The molecule has 1 aliphatic rings. The van der Waals surface area contributed by atoms with Crippen LogP contribution in [0.3, 0.4) is 0 Å². The van der Waals surface area contributed by atoms with Crippen LogP contribution in [-0.2, 0) is 6.42 Å². The molecular weight excluding hydrogens is 260 g/mol. The summed E-state index contributed by atoms with van der Waals surface area (Å²) in [5.41, 5.74) is 1.64. The highest BCUT2D eigenvalue weighted by Gasteiger charge is 2.22. The van der Waals surface area contributed by atoms with E-state index in [4.69, 9.17) is 0 Å². The number of aryl methyl sites for hydroxylation is 1. The maximum atomic E-state index is 11.9. The zero-order chi connectivity index (χ0) is 12.8. The molecule has 6 heteroatoms. The third-order valence-electron chi connectivity index (χ3n) is 3.33. The number of Topliss-reactive ketones (excluding diaryl/α,β-unsaturated/α-hetero) is 1. The van der Waals surface area contributed by atoms with E-state index in [1.165, 1.54) is 0 Å². The summed E-state index contributed by atoms with van der Waals surface area (Å²) in [6.45, 7) is 0. The monoisotopic (exact) mass is 270 g/mol. The summed E-state index contributed by atoms with van der Waals surface area (Å²) in [6, 6.07) is 3.95. The lowest BCUT2D eigenvalue weighted by molar-refractivity contribution is 0.0970. The number of fused-ring (bicyclic) bond motifs is 3. The molecule has 3 heterocycles. The van der Waals surface area contributed by atoms with Gasteiger partial charge in [-0.2, -0.15) is 9.50 Å². The molecule has 94 valence electrons. The Kier molecular flexibility index (Phi) is 2.25. The minimum atomic E-state index is 0.156. The molecule has 0 aromatic carbocycles. The van der Waals surface area contributed by atoms with Crippen molar-refractivity contribution in [2.75, 3.05) is 0 Å². The molecule has 0 fully saturated rings. The number of thiophene rings is 1. The summed E-state index contributed by atoms with van der Waals surface area (Å²) in [7, 11) is 0. The van der Waals surface area contributed by atoms with Gasteiger partial charge in [0.05, 0.1) is 16.1 Å². The number of carbonyl (C=O) groups excluding carboxylic acids is 1. The second-order valence-corrected chi connectivity index (χ2v) is 5.47. The first-order chi connectivity index (χ1) is 9.33. The van der Waals surface area contributed by atoms with Crippen LogP contribution in [0.1, 0.15) is 28.9 Å². The second-order valence-electron chi connectivity index (χ2n) is 4.52. The summed E-state index contributed by atoms with van der Waals surface area (Å²) in [6.07, 6.45) is 3.97. The van der Waals surface area contributed by atoms with E-state index >= 15 is 0 Å². The van der Waals surface area contributed by atoms with Crippen LogP contribution < -0.4 is 0 Å². The molecule has 0 saturated carbocycles. The third kappa shape index (κ3) is 1.60. The first-order valence-electron chi connectivity index (χ1n) is 6.14. The van der Waals surface area contributed by atoms with Crippen molar-refractivity contribution in [3.05, 3.63) is 35.0 Å². The zero-order valence-electron chi connectivity index (χ0n) is 10.0. The highest BCUT2D eigenvalue weighted by atomic mass is 32.1. The Morgan fingerprint density at radius 2 is 2.26 bits per heavy atom. The predicted octanol–water partition coefficient (Wildman–Crippen LogP) is 2.37. The van der Waals surface area contributed by atoms with Crippen molar-refractivity contribution in [3.8, 4) is 10.7 Å². The Morgan fingerprint density at radius 3 is 3.11 bits per heavy atom. The minimum absolute atomic E-state index is 0.156. The van der Waals surface area contributed by atoms with Crippen molar-refractivity contribution in [1.82, 2.24) is 19.6 Å². The lowest BCUT2D eigenvalue weighted by atomic mass is 9.96. The largest absolute Gasteiger partial charge is 0.294 e. The van der Waals surface area contributed by atoms with Crippen molar-refractivity contribution in [2.24, 2.45) is 0 Å². The van der Waals surface area contributed by atoms with Crippen LogP contribution in [0.4, 0.5) is 0 Å². The molecular formula is C13H10N4OS. The van der Waals surface area contributed by atoms with E-state index in [-0.39, 0.29) is 5.78 Å². The summed E-state index contributed by atoms with van der Waals surface area (Å²) in [5.74, 6) is 1.40. The normalized spacial score (nSPS) is 14.8. The van der Waals surface area contributed by atoms with Gasteiger partial charge in [-0.1, -0.05) is 6.07 Å². The van der Waals surface area contributed by atoms with Crippen LogP contribution in [0.5, 0.6) is 0 Å². The van der Waals surface area contributed by atoms with Gasteiger partial charge in [-0.05, 0) is 24.3 Å². The summed E-state index contributed by atoms with van der Waals surface area (Å²) in [5, 5.41) is 6.50. The SMILES string of the molecule is O=C1CCCc2c1cnc1nc(-c3cccs3)nn21. The van der Waals surface area contributed by atoms with Crippen LogP contribution in [0.2, 0.25) is 0 Å². The molecule has 0 saturated heterocycles. The van der Waals surface area contributed by atoms with Gasteiger partial charge in [0, 0.05) is 12.6 Å². The van der Waals surface area contributed by atoms with E-state index in [1.807, 2.05) is 17.5 Å². The first-order valence-corrected chi connectivity index (χ1v) is 7.02. The molecule has 0 spiro atoms. The van der Waals surface area contributed by atoms with Gasteiger partial charge in [0.2, 0.25) is 0 Å². The van der Waals surface area contributed by atoms with Gasteiger partial charge in [-0.15, -0.1) is 16.4 Å². The molecule has 0 N–H and O–H groups in total. The lowest BCUT2D eigenvalue weighted by Crippen LogP contribution is -2.16. The van der Waals surface area contributed by atoms with Crippen LogP contribution in [0.15, 0.2) is 23.7 Å². The van der Waals surface area contributed by atoms with E-state index in [2.05, 4.69) is 15.1 Å². The Balaban J connectivity index is 1.97. The van der Waals surface area contributed by atoms with Gasteiger partial charge in [0.1, 0.15) is 0 Å². The van der Waals surface area contributed by atoms with E-state index in [1.54, 1.807) is 22.0 Å². The van der Waals surface area contributed by atoms with Gasteiger partial charge in [-0.3, -0.25) is 4.79 Å². The average Bonchev–Trinajstić information content (AvgIpc) is 3.08. The van der Waals surface area contributed by atoms with Crippen molar-refractivity contribution in [2.45, 2.75) is 19.3 Å². The standard InChI is InChI=1S/C13H10N4OS/c18-10-4-1-3-9-8(10)7-14-13-15-12(16-17(9)13)11-5-2-6-19-11/h2,5-7H,1,3-4H2. The van der Waals surface area contributed by atoms with E-state index in [0.29, 0.717) is 23.6 Å². The van der Waals surface area contributed by atoms with Crippen LogP contribution in [0.25, 0.3) is 16.5 Å². The lowest BCUT2D eigenvalue weighted by Gasteiger charge is -2.13. The topological polar surface area (TPSA) is 60.2 Å². The molecule has 0 radical (unpaired) electrons. The summed E-state index contributed by atoms with van der Waals surface area (Å²) in [4.78, 5) is 21.6. The van der Waals surface area contributed by atoms with E-state index in [0.717, 1.165) is 23.4 Å². The number of aromatic nitrogens is 4. The van der Waals surface area contributed by atoms with E-state index < -0.39 is 0 Å². The Hall–Kier alpha value is -2.08. The number of carbonyl (C=O) groups is 1. The Bertz CT molecular complexity index is 775. The molecule has 0 unspecified atom stereocenters. The van der Waals surface area contributed by atoms with Gasteiger partial charge < -0.3 is 0 Å². The summed E-state index contributed by atoms with van der Waals surface area (Å²) < 4.78 is 1.72. The third-order valence-corrected chi connectivity index (χ3v) is 4.19. The number of nitrogens with zero attached hydrogens (tertiary/aromatic N) is 4. The number of ketones is 1. The Labute approximate surface area is 112 Å². The molecule has 3 aromatic rings. The number of hydrogen-bond acceptors (Lipinski definition) is 5. The fourth-order valence-electron chi connectivity index (χ4n) is 2.41. The van der Waals surface area contributed by atoms with Crippen LogP contribution in [0, 0.1) is 0 Å². The highest BCUT2D eigenvalue weighted by Crippen LogP contribution is 2.24. The fourth-order valence-corrected chi connectivity index (χ4v) is 3.07. The van der Waals surface area contributed by atoms with Crippen molar-refractivity contribution < 1.29 is 4.79 Å². The molecule has 1 aliphatic carbocycles. The average molecular weight is 270 g/mol. The summed E-state index contributed by atoms with van der Waals surface area (Å²) >= 11 is 1.60. The van der Waals surface area contributed by atoms with Crippen molar-refractivity contribution in [3.63, 3.8) is 0 Å². The molecule has 0 atom stereocenters. The maximum Gasteiger partial charge on any atom is 0.253 e. The molecule has 0 bridgehead atoms. The van der Waals surface area contributed by atoms with E-state index in [9.17, 15) is 4.79 Å². The van der Waals surface area contributed by atoms with Crippen molar-refractivity contribution in [1.29, 1.82) is 0 Å². The smallest absolute Gasteiger partial charge is 0.253 e. The van der Waals surface area contributed by atoms with Crippen molar-refractivity contribution >= 4 is 22.9 Å². The molecule has 4 rings (SSSR count). The Morgan fingerprint density at radius 1 is 1.32 bits per heavy atom. The quantitative estimate of drug-likeness (QED) is 0.681. The molecule has 19 heavy (non-hydrogen) atoms. The molecule has 0 aliphatic heterocycles.